The van der Waals surface area contributed by atoms with Gasteiger partial charge >= 0.3 is 0 Å². The van der Waals surface area contributed by atoms with Crippen LogP contribution in [0, 0.1) is 13.8 Å². The molecule has 7 heteroatoms. The highest BCUT2D eigenvalue weighted by Gasteiger charge is 2.20. The zero-order valence-corrected chi connectivity index (χ0v) is 16.1. The van der Waals surface area contributed by atoms with E-state index in [2.05, 4.69) is 15.5 Å². The Labute approximate surface area is 157 Å². The predicted octanol–water partition coefficient (Wildman–Crippen LogP) is 3.49. The quantitative estimate of drug-likeness (QED) is 0.673. The van der Waals surface area contributed by atoms with Gasteiger partial charge in [-0.05, 0) is 32.4 Å². The summed E-state index contributed by atoms with van der Waals surface area (Å²) in [6, 6.07) is 9.99. The molecule has 1 aromatic carbocycles. The molecule has 0 bridgehead atoms. The van der Waals surface area contributed by atoms with Gasteiger partial charge in [0, 0.05) is 13.6 Å². The van der Waals surface area contributed by atoms with Crippen LogP contribution in [0.2, 0.25) is 0 Å². The standard InChI is InChI=1S/C19H22N4O2S/c1-12-5-7-15(8-6-12)11-20-18(24)14(3)26-19-22-21-17(23(19)4)16-9-10-25-13(16)2/h5-10,14H,11H2,1-4H3,(H,20,24). The Balaban J connectivity index is 1.61. The molecule has 26 heavy (non-hydrogen) atoms. The van der Waals surface area contributed by atoms with Crippen molar-refractivity contribution in [3.8, 4) is 11.4 Å². The van der Waals surface area contributed by atoms with Crippen LogP contribution in [0.5, 0.6) is 0 Å². The summed E-state index contributed by atoms with van der Waals surface area (Å²) in [5, 5.41) is 11.8. The van der Waals surface area contributed by atoms with Gasteiger partial charge in [-0.1, -0.05) is 41.6 Å². The van der Waals surface area contributed by atoms with E-state index in [9.17, 15) is 4.79 Å². The number of hydrogen-bond donors (Lipinski definition) is 1. The Kier molecular flexibility index (Phi) is 5.46. The monoisotopic (exact) mass is 370 g/mol. The summed E-state index contributed by atoms with van der Waals surface area (Å²) in [5.74, 6) is 1.49. The van der Waals surface area contributed by atoms with Crippen molar-refractivity contribution in [2.75, 3.05) is 0 Å². The van der Waals surface area contributed by atoms with E-state index < -0.39 is 0 Å². The van der Waals surface area contributed by atoms with Gasteiger partial charge in [0.2, 0.25) is 5.91 Å². The molecule has 136 valence electrons. The van der Waals surface area contributed by atoms with Crippen molar-refractivity contribution in [2.45, 2.75) is 37.7 Å². The molecule has 0 fully saturated rings. The molecule has 0 aliphatic rings. The number of rotatable bonds is 6. The fourth-order valence-corrected chi connectivity index (χ4v) is 3.36. The number of aryl methyl sites for hydroxylation is 2. The first kappa shape index (κ1) is 18.3. The normalized spacial score (nSPS) is 12.2. The van der Waals surface area contributed by atoms with Gasteiger partial charge in [-0.15, -0.1) is 10.2 Å². The van der Waals surface area contributed by atoms with Crippen molar-refractivity contribution < 1.29 is 9.21 Å². The minimum Gasteiger partial charge on any atom is -0.469 e. The van der Waals surface area contributed by atoms with Gasteiger partial charge in [-0.3, -0.25) is 4.79 Å². The second-order valence-corrected chi connectivity index (χ2v) is 7.53. The lowest BCUT2D eigenvalue weighted by Crippen LogP contribution is -2.30. The van der Waals surface area contributed by atoms with E-state index in [0.29, 0.717) is 11.7 Å². The molecule has 2 heterocycles. The molecule has 0 radical (unpaired) electrons. The van der Waals surface area contributed by atoms with Crippen LogP contribution in [-0.2, 0) is 18.4 Å². The molecule has 2 aromatic heterocycles. The summed E-state index contributed by atoms with van der Waals surface area (Å²) in [4.78, 5) is 12.4. The largest absolute Gasteiger partial charge is 0.469 e. The number of amides is 1. The molecule has 1 unspecified atom stereocenters. The summed E-state index contributed by atoms with van der Waals surface area (Å²) < 4.78 is 7.21. The van der Waals surface area contributed by atoms with Crippen molar-refractivity contribution in [2.24, 2.45) is 7.05 Å². The van der Waals surface area contributed by atoms with Gasteiger partial charge in [0.1, 0.15) is 5.76 Å². The molecule has 1 N–H and O–H groups in total. The highest BCUT2D eigenvalue weighted by atomic mass is 32.2. The average molecular weight is 370 g/mol. The van der Waals surface area contributed by atoms with Crippen LogP contribution in [0.25, 0.3) is 11.4 Å². The third kappa shape index (κ3) is 3.99. The first-order valence-corrected chi connectivity index (χ1v) is 9.27. The zero-order chi connectivity index (χ0) is 18.7. The first-order valence-electron chi connectivity index (χ1n) is 8.39. The summed E-state index contributed by atoms with van der Waals surface area (Å²) in [6.07, 6.45) is 1.63. The maximum atomic E-state index is 12.4. The fraction of sp³-hybridized carbons (Fsp3) is 0.316. The Morgan fingerprint density at radius 1 is 1.23 bits per heavy atom. The Morgan fingerprint density at radius 3 is 2.62 bits per heavy atom. The van der Waals surface area contributed by atoms with E-state index in [-0.39, 0.29) is 11.2 Å². The Hall–Kier alpha value is -2.54. The van der Waals surface area contributed by atoms with E-state index in [1.54, 1.807) is 6.26 Å². The molecule has 3 aromatic rings. The van der Waals surface area contributed by atoms with E-state index in [1.807, 2.05) is 62.7 Å². The van der Waals surface area contributed by atoms with E-state index >= 15 is 0 Å². The number of carbonyl (C=O) groups excluding carboxylic acids is 1. The molecule has 0 spiro atoms. The number of furan rings is 1. The molecule has 1 amide bonds. The summed E-state index contributed by atoms with van der Waals surface area (Å²) in [6.45, 7) is 6.31. The number of aromatic nitrogens is 3. The SMILES string of the molecule is Cc1ccc(CNC(=O)C(C)Sc2nnc(-c3ccoc3C)n2C)cc1. The van der Waals surface area contributed by atoms with Gasteiger partial charge < -0.3 is 14.3 Å². The molecule has 0 aliphatic heterocycles. The van der Waals surface area contributed by atoms with Crippen molar-refractivity contribution >= 4 is 17.7 Å². The molecular weight excluding hydrogens is 348 g/mol. The molecule has 0 saturated carbocycles. The number of carbonyl (C=O) groups is 1. The van der Waals surface area contributed by atoms with Gasteiger partial charge in [0.05, 0.1) is 17.1 Å². The Morgan fingerprint density at radius 2 is 1.96 bits per heavy atom. The minimum absolute atomic E-state index is 0.0281. The van der Waals surface area contributed by atoms with Crippen molar-refractivity contribution in [3.63, 3.8) is 0 Å². The van der Waals surface area contributed by atoms with Crippen molar-refractivity contribution in [3.05, 3.63) is 53.5 Å². The molecule has 3 rings (SSSR count). The molecule has 1 atom stereocenters. The van der Waals surface area contributed by atoms with Crippen molar-refractivity contribution in [1.82, 2.24) is 20.1 Å². The highest BCUT2D eigenvalue weighted by molar-refractivity contribution is 8.00. The third-order valence-corrected chi connectivity index (χ3v) is 5.31. The molecule has 0 saturated heterocycles. The Bertz CT molecular complexity index is 899. The van der Waals surface area contributed by atoms with Crippen LogP contribution in [-0.4, -0.2) is 25.9 Å². The number of nitrogens with zero attached hydrogens (tertiary/aromatic N) is 3. The number of thioether (sulfide) groups is 1. The van der Waals surface area contributed by atoms with Crippen molar-refractivity contribution in [1.29, 1.82) is 0 Å². The van der Waals surface area contributed by atoms with E-state index in [1.165, 1.54) is 17.3 Å². The summed E-state index contributed by atoms with van der Waals surface area (Å²) in [7, 11) is 1.89. The van der Waals surface area contributed by atoms with E-state index in [4.69, 9.17) is 4.42 Å². The second-order valence-electron chi connectivity index (χ2n) is 6.22. The number of nitrogens with one attached hydrogen (secondary N) is 1. The van der Waals surface area contributed by atoms with Crippen LogP contribution in [0.15, 0.2) is 46.2 Å². The van der Waals surface area contributed by atoms with Crippen LogP contribution >= 0.6 is 11.8 Å². The van der Waals surface area contributed by atoms with Crippen LogP contribution in [0.4, 0.5) is 0 Å². The summed E-state index contributed by atoms with van der Waals surface area (Å²) >= 11 is 1.39. The van der Waals surface area contributed by atoms with Gasteiger partial charge in [-0.25, -0.2) is 0 Å². The van der Waals surface area contributed by atoms with Crippen LogP contribution in [0.3, 0.4) is 0 Å². The molecule has 0 aliphatic carbocycles. The minimum atomic E-state index is -0.276. The lowest BCUT2D eigenvalue weighted by Gasteiger charge is -2.12. The summed E-state index contributed by atoms with van der Waals surface area (Å²) in [5.41, 5.74) is 3.19. The van der Waals surface area contributed by atoms with Gasteiger partial charge in [0.25, 0.3) is 0 Å². The maximum absolute atomic E-state index is 12.4. The topological polar surface area (TPSA) is 73.0 Å². The predicted molar refractivity (Wildman–Crippen MR) is 102 cm³/mol. The molecule has 6 nitrogen and oxygen atoms in total. The lowest BCUT2D eigenvalue weighted by molar-refractivity contribution is -0.120. The fourth-order valence-electron chi connectivity index (χ4n) is 2.52. The zero-order valence-electron chi connectivity index (χ0n) is 15.3. The maximum Gasteiger partial charge on any atom is 0.233 e. The highest BCUT2D eigenvalue weighted by Crippen LogP contribution is 2.27. The van der Waals surface area contributed by atoms with E-state index in [0.717, 1.165) is 22.7 Å². The van der Waals surface area contributed by atoms with Crippen LogP contribution in [0.1, 0.15) is 23.8 Å². The average Bonchev–Trinajstić information content (AvgIpc) is 3.20. The molecular formula is C19H22N4O2S. The second kappa shape index (κ2) is 7.78. The van der Waals surface area contributed by atoms with Gasteiger partial charge in [0.15, 0.2) is 11.0 Å². The first-order chi connectivity index (χ1) is 12.5. The van der Waals surface area contributed by atoms with Crippen LogP contribution < -0.4 is 5.32 Å². The number of hydrogen-bond acceptors (Lipinski definition) is 5. The lowest BCUT2D eigenvalue weighted by atomic mass is 10.1. The third-order valence-electron chi connectivity index (χ3n) is 4.17. The van der Waals surface area contributed by atoms with Gasteiger partial charge in [-0.2, -0.15) is 0 Å². The smallest absolute Gasteiger partial charge is 0.233 e. The number of benzene rings is 1.